The normalized spacial score (nSPS) is 18.2. The number of fused-ring (bicyclic) bond motifs is 1. The van der Waals surface area contributed by atoms with Crippen LogP contribution in [-0.2, 0) is 4.79 Å². The van der Waals surface area contributed by atoms with E-state index in [0.29, 0.717) is 16.4 Å². The molecule has 0 bridgehead atoms. The smallest absolute Gasteiger partial charge is 0.313 e. The number of nitrogen functional groups attached to an aromatic ring is 1. The van der Waals surface area contributed by atoms with Crippen molar-refractivity contribution in [3.8, 4) is 5.69 Å². The van der Waals surface area contributed by atoms with Gasteiger partial charge in [-0.25, -0.2) is 8.78 Å². The Kier molecular flexibility index (Phi) is 3.83. The third-order valence-corrected chi connectivity index (χ3v) is 5.27. The molecule has 1 atom stereocenters. The summed E-state index contributed by atoms with van der Waals surface area (Å²) in [5, 5.41) is 18.4. The monoisotopic (exact) mass is 376 g/mol. The molecule has 1 saturated carbocycles. The van der Waals surface area contributed by atoms with Crippen molar-refractivity contribution in [2.45, 2.75) is 23.4 Å². The van der Waals surface area contributed by atoms with E-state index in [4.69, 9.17) is 10.8 Å². The summed E-state index contributed by atoms with van der Waals surface area (Å²) in [6.07, 6.45) is -0.148. The predicted octanol–water partition coefficient (Wildman–Crippen LogP) is 3.30. The average Bonchev–Trinajstić information content (AvgIpc) is 3.08. The standard InChI is InChI=1S/C17H14F2N4O2S/c18-17(19)7-12(17)10-5-6-13(11-4-2-1-3-9(10)11)23-15(20)21-22-16(23)26-8-14(24)25/h1-6,12H,7-8H2,(H2,20,21)(H,24,25). The van der Waals surface area contributed by atoms with Crippen LogP contribution in [0.3, 0.4) is 0 Å². The molecule has 0 spiro atoms. The summed E-state index contributed by atoms with van der Waals surface area (Å²) in [4.78, 5) is 10.8. The van der Waals surface area contributed by atoms with Crippen LogP contribution in [0.15, 0.2) is 41.6 Å². The first-order valence-corrected chi connectivity index (χ1v) is 8.82. The lowest BCUT2D eigenvalue weighted by molar-refractivity contribution is -0.133. The van der Waals surface area contributed by atoms with E-state index in [1.165, 1.54) is 0 Å². The number of hydrogen-bond donors (Lipinski definition) is 2. The number of rotatable bonds is 5. The predicted molar refractivity (Wildman–Crippen MR) is 93.9 cm³/mol. The van der Waals surface area contributed by atoms with Gasteiger partial charge in [-0.1, -0.05) is 42.1 Å². The van der Waals surface area contributed by atoms with E-state index in [-0.39, 0.29) is 18.1 Å². The topological polar surface area (TPSA) is 94.0 Å². The number of anilines is 1. The van der Waals surface area contributed by atoms with Gasteiger partial charge in [-0.2, -0.15) is 0 Å². The molecule has 1 heterocycles. The van der Waals surface area contributed by atoms with Gasteiger partial charge in [-0.3, -0.25) is 9.36 Å². The molecule has 6 nitrogen and oxygen atoms in total. The van der Waals surface area contributed by atoms with Crippen LogP contribution >= 0.6 is 11.8 Å². The molecule has 134 valence electrons. The van der Waals surface area contributed by atoms with E-state index in [9.17, 15) is 13.6 Å². The molecule has 1 fully saturated rings. The molecule has 1 aromatic heterocycles. The number of aromatic nitrogens is 3. The van der Waals surface area contributed by atoms with Crippen LogP contribution in [0, 0.1) is 0 Å². The molecule has 3 N–H and O–H groups in total. The number of carbonyl (C=O) groups is 1. The summed E-state index contributed by atoms with van der Waals surface area (Å²) in [5.41, 5.74) is 7.16. The highest BCUT2D eigenvalue weighted by Crippen LogP contribution is 2.57. The Bertz CT molecular complexity index is 1020. The van der Waals surface area contributed by atoms with Gasteiger partial charge in [0.25, 0.3) is 5.92 Å². The van der Waals surface area contributed by atoms with Gasteiger partial charge in [0.05, 0.1) is 17.4 Å². The van der Waals surface area contributed by atoms with Crippen molar-refractivity contribution in [2.75, 3.05) is 11.5 Å². The Balaban J connectivity index is 1.85. The van der Waals surface area contributed by atoms with Gasteiger partial charge in [-0.05, 0) is 17.0 Å². The Morgan fingerprint density at radius 3 is 2.62 bits per heavy atom. The van der Waals surface area contributed by atoms with E-state index in [2.05, 4.69) is 10.2 Å². The van der Waals surface area contributed by atoms with E-state index in [1.807, 2.05) is 12.1 Å². The first kappa shape index (κ1) is 16.8. The van der Waals surface area contributed by atoms with Crippen molar-refractivity contribution in [3.05, 3.63) is 42.0 Å². The number of carboxylic acid groups (broad SMARTS) is 1. The lowest BCUT2D eigenvalue weighted by Gasteiger charge is -2.14. The highest BCUT2D eigenvalue weighted by Gasteiger charge is 2.58. The third kappa shape index (κ3) is 2.78. The third-order valence-electron chi connectivity index (χ3n) is 4.36. The van der Waals surface area contributed by atoms with Crippen molar-refractivity contribution >= 4 is 34.5 Å². The van der Waals surface area contributed by atoms with Gasteiger partial charge >= 0.3 is 5.97 Å². The number of thioether (sulfide) groups is 1. The maximum absolute atomic E-state index is 13.6. The highest BCUT2D eigenvalue weighted by atomic mass is 32.2. The molecule has 0 amide bonds. The van der Waals surface area contributed by atoms with Crippen LogP contribution in [0.1, 0.15) is 17.9 Å². The number of nitrogens with two attached hydrogens (primary N) is 1. The number of hydrogen-bond acceptors (Lipinski definition) is 5. The number of carboxylic acids is 1. The molecule has 2 aromatic carbocycles. The van der Waals surface area contributed by atoms with Crippen molar-refractivity contribution in [2.24, 2.45) is 0 Å². The Morgan fingerprint density at radius 2 is 1.96 bits per heavy atom. The first-order chi connectivity index (χ1) is 12.4. The van der Waals surface area contributed by atoms with Crippen LogP contribution in [0.25, 0.3) is 16.5 Å². The van der Waals surface area contributed by atoms with Crippen LogP contribution in [-0.4, -0.2) is 37.5 Å². The molecule has 9 heteroatoms. The zero-order valence-corrected chi connectivity index (χ0v) is 14.2. The largest absolute Gasteiger partial charge is 0.481 e. The number of aliphatic carboxylic acids is 1. The van der Waals surface area contributed by atoms with E-state index in [1.54, 1.807) is 28.8 Å². The van der Waals surface area contributed by atoms with Crippen molar-refractivity contribution in [1.29, 1.82) is 0 Å². The zero-order valence-electron chi connectivity index (χ0n) is 13.4. The molecule has 1 aliphatic carbocycles. The maximum atomic E-state index is 13.6. The van der Waals surface area contributed by atoms with E-state index >= 15 is 0 Å². The Morgan fingerprint density at radius 1 is 1.27 bits per heavy atom. The van der Waals surface area contributed by atoms with Gasteiger partial charge in [0, 0.05) is 11.8 Å². The molecule has 0 saturated heterocycles. The number of benzene rings is 2. The molecule has 1 unspecified atom stereocenters. The van der Waals surface area contributed by atoms with E-state index in [0.717, 1.165) is 22.5 Å². The second kappa shape index (κ2) is 5.94. The minimum Gasteiger partial charge on any atom is -0.481 e. The second-order valence-electron chi connectivity index (χ2n) is 6.10. The molecular weight excluding hydrogens is 362 g/mol. The quantitative estimate of drug-likeness (QED) is 0.664. The van der Waals surface area contributed by atoms with Crippen LogP contribution in [0.5, 0.6) is 0 Å². The van der Waals surface area contributed by atoms with Crippen LogP contribution in [0.4, 0.5) is 14.7 Å². The second-order valence-corrected chi connectivity index (χ2v) is 7.04. The fraction of sp³-hybridized carbons (Fsp3) is 0.235. The zero-order chi connectivity index (χ0) is 18.5. The molecule has 3 aromatic rings. The number of nitrogens with zero attached hydrogens (tertiary/aromatic N) is 3. The number of halogens is 2. The van der Waals surface area contributed by atoms with Crippen molar-refractivity contribution in [1.82, 2.24) is 14.8 Å². The highest BCUT2D eigenvalue weighted by molar-refractivity contribution is 7.99. The SMILES string of the molecule is Nc1nnc(SCC(=O)O)n1-c1ccc(C2CC2(F)F)c2ccccc12. The summed E-state index contributed by atoms with van der Waals surface area (Å²) in [7, 11) is 0. The molecule has 4 rings (SSSR count). The fourth-order valence-electron chi connectivity index (χ4n) is 3.08. The van der Waals surface area contributed by atoms with Gasteiger partial charge in [-0.15, -0.1) is 10.2 Å². The van der Waals surface area contributed by atoms with Gasteiger partial charge in [0.1, 0.15) is 0 Å². The van der Waals surface area contributed by atoms with Gasteiger partial charge in [0.2, 0.25) is 5.95 Å². The number of alkyl halides is 2. The maximum Gasteiger partial charge on any atom is 0.313 e. The van der Waals surface area contributed by atoms with Crippen LogP contribution < -0.4 is 5.73 Å². The summed E-state index contributed by atoms with van der Waals surface area (Å²) in [5.74, 6) is -4.52. The fourth-order valence-corrected chi connectivity index (χ4v) is 3.76. The summed E-state index contributed by atoms with van der Waals surface area (Å²) in [6.45, 7) is 0. The summed E-state index contributed by atoms with van der Waals surface area (Å²) in [6, 6.07) is 10.6. The molecule has 26 heavy (non-hydrogen) atoms. The molecule has 0 aliphatic heterocycles. The van der Waals surface area contributed by atoms with E-state index < -0.39 is 17.8 Å². The minimum absolute atomic E-state index is 0.104. The van der Waals surface area contributed by atoms with Crippen LogP contribution in [0.2, 0.25) is 0 Å². The average molecular weight is 376 g/mol. The van der Waals surface area contributed by atoms with Gasteiger partial charge < -0.3 is 10.8 Å². The van der Waals surface area contributed by atoms with Crippen molar-refractivity contribution in [3.63, 3.8) is 0 Å². The summed E-state index contributed by atoms with van der Waals surface area (Å²) >= 11 is 0.992. The molecule has 1 aliphatic rings. The Labute approximate surface area is 151 Å². The Hall–Kier alpha value is -2.68. The molecular formula is C17H14F2N4O2S. The molecule has 0 radical (unpaired) electrons. The lowest BCUT2D eigenvalue weighted by atomic mass is 9.99. The van der Waals surface area contributed by atoms with Gasteiger partial charge in [0.15, 0.2) is 5.16 Å². The van der Waals surface area contributed by atoms with Crippen molar-refractivity contribution < 1.29 is 18.7 Å². The summed E-state index contributed by atoms with van der Waals surface area (Å²) < 4.78 is 28.7. The minimum atomic E-state index is -2.66. The lowest BCUT2D eigenvalue weighted by Crippen LogP contribution is -2.06. The first-order valence-electron chi connectivity index (χ1n) is 7.84.